The van der Waals surface area contributed by atoms with Crippen LogP contribution in [-0.4, -0.2) is 34.4 Å². The van der Waals surface area contributed by atoms with E-state index >= 15 is 0 Å². The molecule has 1 aliphatic carbocycles. The molecule has 0 bridgehead atoms. The molecule has 1 aromatic heterocycles. The first-order chi connectivity index (χ1) is 14.7. The number of nitrogens with zero attached hydrogens (tertiary/aromatic N) is 3. The van der Waals surface area contributed by atoms with Crippen molar-refractivity contribution in [2.24, 2.45) is 5.92 Å². The topological polar surface area (TPSA) is 81.1 Å². The molecule has 2 aromatic carbocycles. The lowest BCUT2D eigenvalue weighted by molar-refractivity contribution is 0.0929. The zero-order valence-electron chi connectivity index (χ0n) is 16.4. The molecular formula is C24H21N5O. The lowest BCUT2D eigenvalue weighted by Crippen LogP contribution is -2.41. The Morgan fingerprint density at radius 2 is 1.93 bits per heavy atom. The number of rotatable bonds is 5. The molecule has 2 atom stereocenters. The van der Waals surface area contributed by atoms with E-state index in [0.29, 0.717) is 18.0 Å². The molecule has 1 unspecified atom stereocenters. The SMILES string of the molecule is N#CN1CC2C[C@]2(NC(=O)c2ccc(-c3ccncc3Nc3ccccc3)cc2)C1. The molecule has 1 aliphatic heterocycles. The third-order valence-electron chi connectivity index (χ3n) is 5.98. The first-order valence-electron chi connectivity index (χ1n) is 10.0. The van der Waals surface area contributed by atoms with Crippen LogP contribution in [0.4, 0.5) is 11.4 Å². The van der Waals surface area contributed by atoms with Crippen LogP contribution < -0.4 is 10.6 Å². The van der Waals surface area contributed by atoms with E-state index in [1.165, 1.54) is 0 Å². The van der Waals surface area contributed by atoms with Crippen LogP contribution in [0.5, 0.6) is 0 Å². The molecule has 2 heterocycles. The fourth-order valence-electron chi connectivity index (χ4n) is 4.28. The van der Waals surface area contributed by atoms with Gasteiger partial charge in [0.1, 0.15) is 0 Å². The number of carbonyl (C=O) groups is 1. The summed E-state index contributed by atoms with van der Waals surface area (Å²) in [5, 5.41) is 15.6. The van der Waals surface area contributed by atoms with Gasteiger partial charge < -0.3 is 15.5 Å². The minimum atomic E-state index is -0.219. The van der Waals surface area contributed by atoms with Crippen LogP contribution in [0.1, 0.15) is 16.8 Å². The summed E-state index contributed by atoms with van der Waals surface area (Å²) in [5.74, 6) is 0.310. The normalized spacial score (nSPS) is 21.4. The Labute approximate surface area is 175 Å². The summed E-state index contributed by atoms with van der Waals surface area (Å²) in [6, 6.07) is 19.5. The number of amides is 1. The first kappa shape index (κ1) is 18.2. The molecule has 148 valence electrons. The molecule has 6 heteroatoms. The number of pyridine rings is 1. The van der Waals surface area contributed by atoms with Crippen LogP contribution in [0, 0.1) is 17.4 Å². The lowest BCUT2D eigenvalue weighted by atomic mass is 10.0. The first-order valence-corrected chi connectivity index (χ1v) is 10.0. The minimum absolute atomic E-state index is 0.0822. The Kier molecular flexibility index (Phi) is 4.36. The second-order valence-corrected chi connectivity index (χ2v) is 7.98. The summed E-state index contributed by atoms with van der Waals surface area (Å²) >= 11 is 0. The van der Waals surface area contributed by atoms with Gasteiger partial charge in [0.2, 0.25) is 0 Å². The molecular weight excluding hydrogens is 374 g/mol. The monoisotopic (exact) mass is 395 g/mol. The number of likely N-dealkylation sites (tertiary alicyclic amines) is 1. The molecule has 5 rings (SSSR count). The minimum Gasteiger partial charge on any atom is -0.354 e. The van der Waals surface area contributed by atoms with Crippen molar-refractivity contribution >= 4 is 17.3 Å². The van der Waals surface area contributed by atoms with Gasteiger partial charge in [-0.1, -0.05) is 30.3 Å². The van der Waals surface area contributed by atoms with Crippen LogP contribution in [0.25, 0.3) is 11.1 Å². The third kappa shape index (κ3) is 3.35. The van der Waals surface area contributed by atoms with E-state index in [4.69, 9.17) is 5.26 Å². The summed E-state index contributed by atoms with van der Waals surface area (Å²) in [4.78, 5) is 18.7. The van der Waals surface area contributed by atoms with Gasteiger partial charge in [-0.2, -0.15) is 5.26 Å². The summed E-state index contributed by atoms with van der Waals surface area (Å²) in [7, 11) is 0. The van der Waals surface area contributed by atoms with Crippen LogP contribution in [0.3, 0.4) is 0 Å². The number of nitrogens with one attached hydrogen (secondary N) is 2. The Balaban J connectivity index is 1.32. The molecule has 1 saturated carbocycles. The summed E-state index contributed by atoms with van der Waals surface area (Å²) in [6.07, 6.45) is 6.71. The molecule has 6 nitrogen and oxygen atoms in total. The zero-order valence-corrected chi connectivity index (χ0v) is 16.4. The number of fused-ring (bicyclic) bond motifs is 1. The van der Waals surface area contributed by atoms with Gasteiger partial charge in [0.05, 0.1) is 24.0 Å². The van der Waals surface area contributed by atoms with E-state index in [-0.39, 0.29) is 11.4 Å². The number of piperidine rings is 1. The van der Waals surface area contributed by atoms with E-state index in [1.54, 1.807) is 17.3 Å². The van der Waals surface area contributed by atoms with E-state index < -0.39 is 0 Å². The van der Waals surface area contributed by atoms with E-state index in [0.717, 1.165) is 35.5 Å². The number of carbonyl (C=O) groups excluding carboxylic acids is 1. The lowest BCUT2D eigenvalue weighted by Gasteiger charge is -2.17. The highest BCUT2D eigenvalue weighted by Crippen LogP contribution is 2.49. The number of hydrogen-bond acceptors (Lipinski definition) is 5. The van der Waals surface area contributed by atoms with Gasteiger partial charge in [-0.15, -0.1) is 0 Å². The molecule has 0 radical (unpaired) electrons. The molecule has 1 saturated heterocycles. The zero-order chi connectivity index (χ0) is 20.6. The van der Waals surface area contributed by atoms with Gasteiger partial charge in [-0.3, -0.25) is 9.78 Å². The highest BCUT2D eigenvalue weighted by molar-refractivity contribution is 5.96. The molecule has 0 spiro atoms. The standard InChI is InChI=1S/C24H21N5O/c25-16-29-14-19-12-24(19,15-29)28-23(30)18-8-6-17(7-9-18)21-10-11-26-13-22(21)27-20-4-2-1-3-5-20/h1-11,13,19,27H,12,14-15H2,(H,28,30)/t19?,24-/m0/s1. The Morgan fingerprint density at radius 3 is 2.67 bits per heavy atom. The molecule has 3 aromatic rings. The van der Waals surface area contributed by atoms with E-state index in [9.17, 15) is 4.79 Å². The fourth-order valence-corrected chi connectivity index (χ4v) is 4.28. The van der Waals surface area contributed by atoms with Crippen molar-refractivity contribution in [3.8, 4) is 17.3 Å². The Bertz CT molecular complexity index is 1120. The van der Waals surface area contributed by atoms with Gasteiger partial charge in [0, 0.05) is 35.5 Å². The summed E-state index contributed by atoms with van der Waals surface area (Å²) in [5.41, 5.74) is 4.32. The van der Waals surface area contributed by atoms with Crippen LogP contribution in [-0.2, 0) is 0 Å². The highest BCUT2D eigenvalue weighted by Gasteiger charge is 2.61. The van der Waals surface area contributed by atoms with Crippen molar-refractivity contribution in [3.05, 3.63) is 78.6 Å². The number of anilines is 2. The Hall–Kier alpha value is -3.85. The average Bonchev–Trinajstić information content (AvgIpc) is 3.33. The van der Waals surface area contributed by atoms with Gasteiger partial charge in [0.15, 0.2) is 6.19 Å². The largest absolute Gasteiger partial charge is 0.354 e. The predicted molar refractivity (Wildman–Crippen MR) is 115 cm³/mol. The summed E-state index contributed by atoms with van der Waals surface area (Å²) in [6.45, 7) is 1.36. The maximum absolute atomic E-state index is 12.7. The summed E-state index contributed by atoms with van der Waals surface area (Å²) < 4.78 is 0. The molecule has 2 aliphatic rings. The molecule has 2 N–H and O–H groups in total. The van der Waals surface area contributed by atoms with Crippen molar-refractivity contribution in [1.82, 2.24) is 15.2 Å². The number of nitriles is 1. The second kappa shape index (κ2) is 7.20. The van der Waals surface area contributed by atoms with E-state index in [2.05, 4.69) is 21.8 Å². The molecule has 2 fully saturated rings. The quantitative estimate of drug-likeness (QED) is 0.643. The molecule has 1 amide bonds. The number of hydrogen-bond donors (Lipinski definition) is 2. The number of para-hydroxylation sites is 1. The maximum Gasteiger partial charge on any atom is 0.251 e. The van der Waals surface area contributed by atoms with Crippen molar-refractivity contribution in [2.45, 2.75) is 12.0 Å². The van der Waals surface area contributed by atoms with E-state index in [1.807, 2.05) is 60.7 Å². The number of aromatic nitrogens is 1. The van der Waals surface area contributed by atoms with Gasteiger partial charge in [-0.25, -0.2) is 0 Å². The van der Waals surface area contributed by atoms with Gasteiger partial charge in [0.25, 0.3) is 5.91 Å². The maximum atomic E-state index is 12.7. The fraction of sp³-hybridized carbons (Fsp3) is 0.208. The van der Waals surface area contributed by atoms with Crippen molar-refractivity contribution in [3.63, 3.8) is 0 Å². The smallest absolute Gasteiger partial charge is 0.251 e. The average molecular weight is 395 g/mol. The van der Waals surface area contributed by atoms with Crippen molar-refractivity contribution < 1.29 is 4.79 Å². The number of benzene rings is 2. The van der Waals surface area contributed by atoms with Crippen LogP contribution >= 0.6 is 0 Å². The second-order valence-electron chi connectivity index (χ2n) is 7.98. The van der Waals surface area contributed by atoms with Crippen molar-refractivity contribution in [2.75, 3.05) is 18.4 Å². The van der Waals surface area contributed by atoms with Crippen LogP contribution in [0.2, 0.25) is 0 Å². The molecule has 30 heavy (non-hydrogen) atoms. The van der Waals surface area contributed by atoms with Gasteiger partial charge >= 0.3 is 0 Å². The van der Waals surface area contributed by atoms with Crippen molar-refractivity contribution in [1.29, 1.82) is 5.26 Å². The predicted octanol–water partition coefficient (Wildman–Crippen LogP) is 3.78. The van der Waals surface area contributed by atoms with Gasteiger partial charge in [-0.05, 0) is 42.3 Å². The van der Waals surface area contributed by atoms with Crippen LogP contribution in [0.15, 0.2) is 73.1 Å². The highest BCUT2D eigenvalue weighted by atomic mass is 16.1. The Morgan fingerprint density at radius 1 is 1.13 bits per heavy atom. The third-order valence-corrected chi connectivity index (χ3v) is 5.98.